The van der Waals surface area contributed by atoms with Gasteiger partial charge in [0.1, 0.15) is 0 Å². The number of hydrogen-bond donors (Lipinski definition) is 3. The van der Waals surface area contributed by atoms with E-state index in [-0.39, 0.29) is 11.5 Å². The summed E-state index contributed by atoms with van der Waals surface area (Å²) in [5.41, 5.74) is 0.996. The minimum atomic E-state index is -1.01. The number of imidazole rings is 1. The molecule has 0 atom stereocenters. The van der Waals surface area contributed by atoms with E-state index in [2.05, 4.69) is 20.7 Å². The number of nitrogens with zero attached hydrogens (tertiary/aromatic N) is 3. The van der Waals surface area contributed by atoms with E-state index in [0.717, 1.165) is 17.6 Å². The van der Waals surface area contributed by atoms with Gasteiger partial charge < -0.3 is 15.7 Å². The lowest BCUT2D eigenvalue weighted by atomic mass is 10.2. The van der Waals surface area contributed by atoms with E-state index >= 15 is 0 Å². The monoisotopic (exact) mass is 357 g/mol. The Labute approximate surface area is 146 Å². The zero-order valence-corrected chi connectivity index (χ0v) is 13.9. The van der Waals surface area contributed by atoms with Crippen molar-refractivity contribution in [1.29, 1.82) is 0 Å². The zero-order chi connectivity index (χ0) is 17.4. The average Bonchev–Trinajstić information content (AvgIpc) is 3.21. The van der Waals surface area contributed by atoms with E-state index < -0.39 is 5.97 Å². The van der Waals surface area contributed by atoms with Crippen molar-refractivity contribution in [3.8, 4) is 0 Å². The highest BCUT2D eigenvalue weighted by atomic mass is 32.1. The van der Waals surface area contributed by atoms with Crippen LogP contribution in [0.5, 0.6) is 0 Å². The lowest BCUT2D eigenvalue weighted by Crippen LogP contribution is -2.15. The van der Waals surface area contributed by atoms with Crippen molar-refractivity contribution < 1.29 is 14.7 Å². The van der Waals surface area contributed by atoms with Crippen LogP contribution in [0.3, 0.4) is 0 Å². The van der Waals surface area contributed by atoms with E-state index in [1.807, 2.05) is 0 Å². The molecule has 1 amide bonds. The first kappa shape index (κ1) is 15.6. The van der Waals surface area contributed by atoms with Crippen molar-refractivity contribution in [3.05, 3.63) is 41.7 Å². The van der Waals surface area contributed by atoms with E-state index in [9.17, 15) is 9.59 Å². The van der Waals surface area contributed by atoms with Gasteiger partial charge in [-0.2, -0.15) is 4.52 Å². The summed E-state index contributed by atoms with van der Waals surface area (Å²) in [6.45, 7) is 0.897. The molecule has 0 saturated heterocycles. The highest BCUT2D eigenvalue weighted by Gasteiger charge is 2.22. The highest BCUT2D eigenvalue weighted by molar-refractivity contribution is 7.20. The number of anilines is 2. The summed E-state index contributed by atoms with van der Waals surface area (Å²) in [6.07, 6.45) is 3.98. The van der Waals surface area contributed by atoms with Gasteiger partial charge in [-0.25, -0.2) is 9.78 Å². The van der Waals surface area contributed by atoms with Crippen LogP contribution in [0.2, 0.25) is 0 Å². The molecule has 1 aliphatic rings. The van der Waals surface area contributed by atoms with Crippen LogP contribution in [0, 0.1) is 5.92 Å². The second kappa shape index (κ2) is 6.17. The van der Waals surface area contributed by atoms with Gasteiger partial charge in [-0.3, -0.25) is 4.79 Å². The van der Waals surface area contributed by atoms with Gasteiger partial charge in [-0.15, -0.1) is 5.10 Å². The van der Waals surface area contributed by atoms with Crippen LogP contribution in [-0.2, 0) is 0 Å². The van der Waals surface area contributed by atoms with Gasteiger partial charge in [0.05, 0.1) is 11.8 Å². The maximum atomic E-state index is 12.4. The summed E-state index contributed by atoms with van der Waals surface area (Å²) in [5, 5.41) is 20.0. The summed E-state index contributed by atoms with van der Waals surface area (Å²) < 4.78 is 1.51. The number of carboxylic acids is 1. The lowest BCUT2D eigenvalue weighted by molar-refractivity contribution is 0.0696. The van der Waals surface area contributed by atoms with Crippen LogP contribution < -0.4 is 10.6 Å². The zero-order valence-electron chi connectivity index (χ0n) is 13.1. The highest BCUT2D eigenvalue weighted by Crippen LogP contribution is 2.29. The molecule has 0 aliphatic heterocycles. The van der Waals surface area contributed by atoms with Gasteiger partial charge >= 0.3 is 5.97 Å². The molecular formula is C16H15N5O3S. The normalized spacial score (nSPS) is 13.8. The van der Waals surface area contributed by atoms with E-state index in [0.29, 0.717) is 16.3 Å². The number of aromatic carboxylic acids is 1. The van der Waals surface area contributed by atoms with Gasteiger partial charge in [0.15, 0.2) is 5.69 Å². The SMILES string of the molecule is O=C(O)c1ccc(NC(=O)c2cnc3sc(NCC4CC4)nn23)cc1. The van der Waals surface area contributed by atoms with Crippen LogP contribution in [0.25, 0.3) is 4.96 Å². The van der Waals surface area contributed by atoms with Crippen molar-refractivity contribution in [2.45, 2.75) is 12.8 Å². The Bertz CT molecular complexity index is 942. The van der Waals surface area contributed by atoms with Crippen LogP contribution in [0.15, 0.2) is 30.5 Å². The van der Waals surface area contributed by atoms with Crippen molar-refractivity contribution in [2.24, 2.45) is 5.92 Å². The fourth-order valence-corrected chi connectivity index (χ4v) is 3.15. The number of carboxylic acid groups (broad SMARTS) is 1. The summed E-state index contributed by atoms with van der Waals surface area (Å²) in [6, 6.07) is 5.96. The Morgan fingerprint density at radius 1 is 1.28 bits per heavy atom. The van der Waals surface area contributed by atoms with Crippen molar-refractivity contribution in [2.75, 3.05) is 17.2 Å². The molecule has 2 heterocycles. The van der Waals surface area contributed by atoms with Crippen LogP contribution in [0.4, 0.5) is 10.8 Å². The molecule has 3 N–H and O–H groups in total. The minimum absolute atomic E-state index is 0.163. The summed E-state index contributed by atoms with van der Waals surface area (Å²) >= 11 is 1.40. The molecule has 1 saturated carbocycles. The number of carbonyl (C=O) groups is 2. The second-order valence-electron chi connectivity index (χ2n) is 5.91. The Kier molecular flexibility index (Phi) is 3.85. The number of aromatic nitrogens is 3. The third-order valence-electron chi connectivity index (χ3n) is 3.95. The summed E-state index contributed by atoms with van der Waals surface area (Å²) in [4.78, 5) is 28.2. The maximum absolute atomic E-state index is 12.4. The van der Waals surface area contributed by atoms with Crippen LogP contribution in [0.1, 0.15) is 33.7 Å². The Balaban J connectivity index is 1.49. The van der Waals surface area contributed by atoms with Crippen LogP contribution >= 0.6 is 11.3 Å². The number of amides is 1. The number of hydrogen-bond acceptors (Lipinski definition) is 6. The largest absolute Gasteiger partial charge is 0.478 e. The average molecular weight is 357 g/mol. The van der Waals surface area contributed by atoms with Crippen molar-refractivity contribution in [3.63, 3.8) is 0 Å². The third kappa shape index (κ3) is 3.31. The Morgan fingerprint density at radius 3 is 2.72 bits per heavy atom. The fraction of sp³-hybridized carbons (Fsp3) is 0.250. The molecule has 1 aromatic carbocycles. The van der Waals surface area contributed by atoms with Gasteiger partial charge in [0.2, 0.25) is 10.1 Å². The van der Waals surface area contributed by atoms with Crippen molar-refractivity contribution in [1.82, 2.24) is 14.6 Å². The number of fused-ring (bicyclic) bond motifs is 1. The second-order valence-corrected chi connectivity index (χ2v) is 6.86. The molecule has 25 heavy (non-hydrogen) atoms. The first-order valence-electron chi connectivity index (χ1n) is 7.83. The quantitative estimate of drug-likeness (QED) is 0.626. The topological polar surface area (TPSA) is 109 Å². The first-order valence-corrected chi connectivity index (χ1v) is 8.65. The van der Waals surface area contributed by atoms with E-state index in [1.165, 1.54) is 47.0 Å². The molecule has 128 valence electrons. The molecule has 1 aliphatic carbocycles. The predicted octanol–water partition coefficient (Wildman–Crippen LogP) is 2.56. The smallest absolute Gasteiger partial charge is 0.335 e. The molecule has 0 radical (unpaired) electrons. The molecule has 4 rings (SSSR count). The standard InChI is InChI=1S/C16H15N5O3S/c22-13(19-11-5-3-10(4-6-11)14(23)24)12-8-18-16-21(12)20-15(25-16)17-7-9-1-2-9/h3-6,8-9H,1-2,7H2,(H,17,20)(H,19,22)(H,23,24). The number of carbonyl (C=O) groups excluding carboxylic acids is 1. The molecule has 8 nitrogen and oxygen atoms in total. The third-order valence-corrected chi connectivity index (χ3v) is 4.83. The van der Waals surface area contributed by atoms with E-state index in [1.54, 1.807) is 12.1 Å². The van der Waals surface area contributed by atoms with Gasteiger partial charge in [0, 0.05) is 12.2 Å². The number of nitrogens with one attached hydrogen (secondary N) is 2. The molecule has 2 aromatic heterocycles. The van der Waals surface area contributed by atoms with Crippen molar-refractivity contribution >= 4 is 39.0 Å². The molecule has 9 heteroatoms. The molecule has 0 unspecified atom stereocenters. The summed E-state index contributed by atoms with van der Waals surface area (Å²) in [5.74, 6) is -0.633. The Morgan fingerprint density at radius 2 is 2.04 bits per heavy atom. The first-order chi connectivity index (χ1) is 12.1. The number of benzene rings is 1. The molecular weight excluding hydrogens is 342 g/mol. The fourth-order valence-electron chi connectivity index (χ4n) is 2.36. The predicted molar refractivity (Wildman–Crippen MR) is 93.4 cm³/mol. The van der Waals surface area contributed by atoms with E-state index in [4.69, 9.17) is 5.11 Å². The molecule has 1 fully saturated rings. The minimum Gasteiger partial charge on any atom is -0.478 e. The maximum Gasteiger partial charge on any atom is 0.335 e. The van der Waals surface area contributed by atoms with Crippen LogP contribution in [-0.4, -0.2) is 38.1 Å². The lowest BCUT2D eigenvalue weighted by Gasteiger charge is -2.04. The molecule has 0 bridgehead atoms. The Hall–Kier alpha value is -2.94. The van der Waals surface area contributed by atoms with Gasteiger partial charge in [-0.05, 0) is 43.0 Å². The van der Waals surface area contributed by atoms with Gasteiger partial charge in [0.25, 0.3) is 5.91 Å². The molecule has 0 spiro atoms. The number of rotatable bonds is 6. The molecule has 3 aromatic rings. The summed E-state index contributed by atoms with van der Waals surface area (Å²) in [7, 11) is 0. The van der Waals surface area contributed by atoms with Gasteiger partial charge in [-0.1, -0.05) is 11.3 Å².